The number of nitrogens with two attached hydrogens (primary N) is 1. The van der Waals surface area contributed by atoms with E-state index in [9.17, 15) is 5.11 Å². The predicted octanol–water partition coefficient (Wildman–Crippen LogP) is 1.28. The fourth-order valence-corrected chi connectivity index (χ4v) is 1.87. The molecule has 0 aliphatic heterocycles. The van der Waals surface area contributed by atoms with Crippen LogP contribution in [0.1, 0.15) is 12.0 Å². The van der Waals surface area contributed by atoms with E-state index in [4.69, 9.17) is 10.3 Å². The van der Waals surface area contributed by atoms with Crippen LogP contribution in [0.4, 0.5) is 0 Å². The largest absolute Gasteiger partial charge is 0.382 e. The number of aromatic nitrogens is 3. The highest BCUT2D eigenvalue weighted by Crippen LogP contribution is 2.24. The van der Waals surface area contributed by atoms with E-state index in [1.807, 2.05) is 30.3 Å². The number of nitrogens with zero attached hydrogens (tertiary/aromatic N) is 3. The van der Waals surface area contributed by atoms with Crippen LogP contribution in [0.3, 0.4) is 0 Å². The number of pyridine rings is 1. The summed E-state index contributed by atoms with van der Waals surface area (Å²) in [7, 11) is 0. The lowest BCUT2D eigenvalue weighted by Gasteiger charge is -2.01. The number of rotatable bonds is 3. The summed E-state index contributed by atoms with van der Waals surface area (Å²) in [5.41, 5.74) is 5.97. The first-order chi connectivity index (χ1) is 9.29. The van der Waals surface area contributed by atoms with Gasteiger partial charge in [-0.3, -0.25) is 4.98 Å². The van der Waals surface area contributed by atoms with Crippen LogP contribution >= 0.6 is 0 Å². The molecular weight excluding hydrogens is 244 g/mol. The third-order valence-corrected chi connectivity index (χ3v) is 2.84. The first-order valence-electron chi connectivity index (χ1n) is 5.85. The zero-order valence-electron chi connectivity index (χ0n) is 10.0. The van der Waals surface area contributed by atoms with E-state index in [-0.39, 0.29) is 12.4 Å². The quantitative estimate of drug-likeness (QED) is 0.732. The van der Waals surface area contributed by atoms with Gasteiger partial charge in [0.15, 0.2) is 0 Å². The molecule has 0 amide bonds. The summed E-state index contributed by atoms with van der Waals surface area (Å²) in [6, 6.07) is 9.70. The van der Waals surface area contributed by atoms with Crippen molar-refractivity contribution in [2.45, 2.75) is 6.10 Å². The fraction of sp³-hybridized carbons (Fsp3) is 0.154. The average Bonchev–Trinajstić information content (AvgIpc) is 2.95. The number of benzene rings is 1. The second-order valence-corrected chi connectivity index (χ2v) is 4.09. The highest BCUT2D eigenvalue weighted by Gasteiger charge is 2.17. The van der Waals surface area contributed by atoms with Crippen molar-refractivity contribution < 1.29 is 9.63 Å². The Morgan fingerprint density at radius 3 is 2.95 bits per heavy atom. The first kappa shape index (κ1) is 11.8. The van der Waals surface area contributed by atoms with Gasteiger partial charge in [-0.2, -0.15) is 4.98 Å². The summed E-state index contributed by atoms with van der Waals surface area (Å²) in [6.07, 6.45) is 0.740. The van der Waals surface area contributed by atoms with Gasteiger partial charge in [0.1, 0.15) is 11.8 Å². The SMILES string of the molecule is NCC(O)c1nc(-c2nccc3ccccc23)no1. The Hall–Kier alpha value is -2.31. The van der Waals surface area contributed by atoms with E-state index in [2.05, 4.69) is 15.1 Å². The van der Waals surface area contributed by atoms with Crippen molar-refractivity contribution in [1.82, 2.24) is 15.1 Å². The molecule has 0 aliphatic rings. The Kier molecular flexibility index (Phi) is 2.94. The van der Waals surface area contributed by atoms with Crippen LogP contribution in [0, 0.1) is 0 Å². The summed E-state index contributed by atoms with van der Waals surface area (Å²) >= 11 is 0. The number of hydrogen-bond donors (Lipinski definition) is 2. The van der Waals surface area contributed by atoms with Crippen molar-refractivity contribution >= 4 is 10.8 Å². The predicted molar refractivity (Wildman–Crippen MR) is 69.0 cm³/mol. The van der Waals surface area contributed by atoms with Crippen molar-refractivity contribution in [3.8, 4) is 11.5 Å². The summed E-state index contributed by atoms with van der Waals surface area (Å²) in [4.78, 5) is 8.41. The molecule has 1 atom stereocenters. The molecule has 3 aromatic rings. The molecule has 96 valence electrons. The number of aliphatic hydroxyl groups is 1. The van der Waals surface area contributed by atoms with E-state index < -0.39 is 6.10 Å². The van der Waals surface area contributed by atoms with E-state index in [0.29, 0.717) is 11.5 Å². The van der Waals surface area contributed by atoms with E-state index in [1.165, 1.54) is 0 Å². The molecule has 0 saturated carbocycles. The van der Waals surface area contributed by atoms with Crippen molar-refractivity contribution in [2.24, 2.45) is 5.73 Å². The molecule has 3 rings (SSSR count). The van der Waals surface area contributed by atoms with Gasteiger partial charge >= 0.3 is 0 Å². The third-order valence-electron chi connectivity index (χ3n) is 2.84. The van der Waals surface area contributed by atoms with Crippen LogP contribution in [0.25, 0.3) is 22.3 Å². The van der Waals surface area contributed by atoms with Gasteiger partial charge in [-0.15, -0.1) is 0 Å². The molecule has 0 bridgehead atoms. The lowest BCUT2D eigenvalue weighted by atomic mass is 10.1. The first-order valence-corrected chi connectivity index (χ1v) is 5.85. The molecule has 6 heteroatoms. The van der Waals surface area contributed by atoms with Crippen molar-refractivity contribution in [3.63, 3.8) is 0 Å². The Morgan fingerprint density at radius 2 is 2.11 bits per heavy atom. The highest BCUT2D eigenvalue weighted by atomic mass is 16.5. The van der Waals surface area contributed by atoms with Crippen LogP contribution in [-0.2, 0) is 0 Å². The molecule has 2 heterocycles. The molecule has 2 aromatic heterocycles. The van der Waals surface area contributed by atoms with Crippen LogP contribution in [0.5, 0.6) is 0 Å². The normalized spacial score (nSPS) is 12.7. The lowest BCUT2D eigenvalue weighted by Crippen LogP contribution is -2.11. The molecule has 1 unspecified atom stereocenters. The van der Waals surface area contributed by atoms with Crippen LogP contribution in [0.2, 0.25) is 0 Å². The molecule has 0 saturated heterocycles. The molecule has 6 nitrogen and oxygen atoms in total. The standard InChI is InChI=1S/C13H12N4O2/c14-7-10(18)13-16-12(17-19-13)11-9-4-2-1-3-8(9)5-6-15-11/h1-6,10,18H,7,14H2. The molecule has 0 spiro atoms. The minimum Gasteiger partial charge on any atom is -0.382 e. The van der Waals surface area contributed by atoms with Gasteiger partial charge in [0.2, 0.25) is 5.82 Å². The minimum absolute atomic E-state index is 0.0323. The second kappa shape index (κ2) is 4.75. The molecule has 3 N–H and O–H groups in total. The molecule has 0 fully saturated rings. The van der Waals surface area contributed by atoms with Gasteiger partial charge in [0.25, 0.3) is 5.89 Å². The van der Waals surface area contributed by atoms with Crippen molar-refractivity contribution in [1.29, 1.82) is 0 Å². The maximum absolute atomic E-state index is 9.56. The smallest absolute Gasteiger partial charge is 0.257 e. The van der Waals surface area contributed by atoms with E-state index in [0.717, 1.165) is 10.8 Å². The number of aliphatic hydroxyl groups excluding tert-OH is 1. The monoisotopic (exact) mass is 256 g/mol. The van der Waals surface area contributed by atoms with E-state index >= 15 is 0 Å². The minimum atomic E-state index is -0.948. The fourth-order valence-electron chi connectivity index (χ4n) is 1.87. The summed E-state index contributed by atoms with van der Waals surface area (Å²) in [5, 5.41) is 15.4. The zero-order chi connectivity index (χ0) is 13.2. The van der Waals surface area contributed by atoms with Gasteiger partial charge in [-0.25, -0.2) is 0 Å². The Labute approximate surface area is 108 Å². The highest BCUT2D eigenvalue weighted by molar-refractivity contribution is 5.92. The van der Waals surface area contributed by atoms with Crippen LogP contribution < -0.4 is 5.73 Å². The molecule has 1 aromatic carbocycles. The van der Waals surface area contributed by atoms with Gasteiger partial charge in [0, 0.05) is 18.1 Å². The van der Waals surface area contributed by atoms with Crippen LogP contribution in [-0.4, -0.2) is 26.8 Å². The average molecular weight is 256 g/mol. The summed E-state index contributed by atoms with van der Waals surface area (Å²) in [5.74, 6) is 0.450. The van der Waals surface area contributed by atoms with Gasteiger partial charge in [0.05, 0.1) is 0 Å². The zero-order valence-corrected chi connectivity index (χ0v) is 10.0. The molecule has 0 radical (unpaired) electrons. The van der Waals surface area contributed by atoms with Crippen molar-refractivity contribution in [2.75, 3.05) is 6.54 Å². The van der Waals surface area contributed by atoms with Crippen LogP contribution in [0.15, 0.2) is 41.1 Å². The topological polar surface area (TPSA) is 98.1 Å². The maximum atomic E-state index is 9.56. The van der Waals surface area contributed by atoms with Crippen molar-refractivity contribution in [3.05, 3.63) is 42.4 Å². The van der Waals surface area contributed by atoms with Gasteiger partial charge in [-0.05, 0) is 11.5 Å². The van der Waals surface area contributed by atoms with E-state index in [1.54, 1.807) is 6.20 Å². The second-order valence-electron chi connectivity index (χ2n) is 4.09. The maximum Gasteiger partial charge on any atom is 0.257 e. The number of fused-ring (bicyclic) bond motifs is 1. The summed E-state index contributed by atoms with van der Waals surface area (Å²) < 4.78 is 4.99. The Bertz CT molecular complexity index is 705. The third kappa shape index (κ3) is 2.07. The molecular formula is C13H12N4O2. The Morgan fingerprint density at radius 1 is 1.26 bits per heavy atom. The Balaban J connectivity index is 2.12. The lowest BCUT2D eigenvalue weighted by molar-refractivity contribution is 0.141. The van der Waals surface area contributed by atoms with Gasteiger partial charge in [-0.1, -0.05) is 29.4 Å². The molecule has 0 aliphatic carbocycles. The van der Waals surface area contributed by atoms with Gasteiger partial charge < -0.3 is 15.4 Å². The summed E-state index contributed by atoms with van der Waals surface area (Å²) in [6.45, 7) is 0.0323. The number of hydrogen-bond acceptors (Lipinski definition) is 6. The molecule has 19 heavy (non-hydrogen) atoms.